The molecule has 2 aliphatic rings. The van der Waals surface area contributed by atoms with E-state index in [4.69, 9.17) is 9.47 Å². The smallest absolute Gasteiger partial charge is 0.0626 e. The van der Waals surface area contributed by atoms with Crippen LogP contribution in [0, 0.1) is 5.92 Å². The Kier molecular flexibility index (Phi) is 5.93. The normalized spacial score (nSPS) is 30.3. The Balaban J connectivity index is 1.68. The highest BCUT2D eigenvalue weighted by atomic mass is 16.5. The molecule has 0 saturated heterocycles. The number of methoxy groups -OCH3 is 1. The second-order valence-corrected chi connectivity index (χ2v) is 5.88. The zero-order valence-electron chi connectivity index (χ0n) is 12.0. The maximum absolute atomic E-state index is 6.13. The summed E-state index contributed by atoms with van der Waals surface area (Å²) in [6, 6.07) is 0.591. The Morgan fingerprint density at radius 2 is 1.94 bits per heavy atom. The predicted octanol–water partition coefficient (Wildman–Crippen LogP) is 2.74. The summed E-state index contributed by atoms with van der Waals surface area (Å²) in [5, 5.41) is 3.64. The van der Waals surface area contributed by atoms with E-state index in [0.29, 0.717) is 18.2 Å². The first kappa shape index (κ1) is 14.3. The van der Waals surface area contributed by atoms with Gasteiger partial charge in [-0.05, 0) is 57.4 Å². The van der Waals surface area contributed by atoms with E-state index in [2.05, 4.69) is 12.2 Å². The Labute approximate surface area is 112 Å². The van der Waals surface area contributed by atoms with E-state index in [1.54, 1.807) is 0 Å². The molecular weight excluding hydrogens is 226 g/mol. The Morgan fingerprint density at radius 1 is 1.17 bits per heavy atom. The molecule has 2 rings (SSSR count). The molecule has 2 aliphatic carbocycles. The van der Waals surface area contributed by atoms with E-state index in [1.807, 2.05) is 7.11 Å². The predicted molar refractivity (Wildman–Crippen MR) is 73.8 cm³/mol. The van der Waals surface area contributed by atoms with Gasteiger partial charge < -0.3 is 14.8 Å². The third-order valence-electron chi connectivity index (χ3n) is 4.27. The van der Waals surface area contributed by atoms with E-state index in [0.717, 1.165) is 25.5 Å². The van der Waals surface area contributed by atoms with E-state index in [9.17, 15) is 0 Å². The Hall–Kier alpha value is -0.120. The molecule has 0 aromatic carbocycles. The zero-order valence-corrected chi connectivity index (χ0v) is 12.0. The van der Waals surface area contributed by atoms with Crippen LogP contribution in [0.4, 0.5) is 0 Å². The molecule has 0 aromatic heterocycles. The molecule has 0 bridgehead atoms. The van der Waals surface area contributed by atoms with Crippen LogP contribution in [-0.4, -0.2) is 38.5 Å². The monoisotopic (exact) mass is 255 g/mol. The molecule has 0 radical (unpaired) electrons. The summed E-state index contributed by atoms with van der Waals surface area (Å²) in [5.41, 5.74) is 0. The molecule has 2 saturated carbocycles. The first-order chi connectivity index (χ1) is 8.83. The van der Waals surface area contributed by atoms with Crippen molar-refractivity contribution in [2.45, 2.75) is 70.1 Å². The molecule has 0 aliphatic heterocycles. The van der Waals surface area contributed by atoms with Gasteiger partial charge in [0.25, 0.3) is 0 Å². The molecule has 0 aromatic rings. The topological polar surface area (TPSA) is 30.5 Å². The van der Waals surface area contributed by atoms with Crippen LogP contribution in [0.25, 0.3) is 0 Å². The average molecular weight is 255 g/mol. The molecule has 2 fully saturated rings. The van der Waals surface area contributed by atoms with Crippen molar-refractivity contribution < 1.29 is 9.47 Å². The minimum atomic E-state index is 0.423. The van der Waals surface area contributed by atoms with Crippen LogP contribution in [0.5, 0.6) is 0 Å². The van der Waals surface area contributed by atoms with Crippen LogP contribution < -0.4 is 5.32 Å². The second kappa shape index (κ2) is 7.46. The van der Waals surface area contributed by atoms with Gasteiger partial charge in [0, 0.05) is 13.2 Å². The van der Waals surface area contributed by atoms with Gasteiger partial charge in [0.15, 0.2) is 0 Å². The van der Waals surface area contributed by atoms with Crippen molar-refractivity contribution in [2.75, 3.05) is 20.3 Å². The SMILES string of the molecule is CCCNC(COC1CCCC(OC)C1)C1CC1. The lowest BCUT2D eigenvalue weighted by Crippen LogP contribution is -2.38. The minimum absolute atomic E-state index is 0.423. The van der Waals surface area contributed by atoms with Crippen LogP contribution in [0.3, 0.4) is 0 Å². The number of rotatable bonds is 8. The van der Waals surface area contributed by atoms with Gasteiger partial charge in [-0.15, -0.1) is 0 Å². The standard InChI is InChI=1S/C15H29NO2/c1-3-9-16-15(12-7-8-12)11-18-14-6-4-5-13(10-14)17-2/h12-16H,3-11H2,1-2H3. The number of ether oxygens (including phenoxy) is 2. The molecule has 3 heteroatoms. The number of nitrogens with one attached hydrogen (secondary N) is 1. The van der Waals surface area contributed by atoms with E-state index < -0.39 is 0 Å². The minimum Gasteiger partial charge on any atom is -0.381 e. The molecule has 0 heterocycles. The number of hydrogen-bond donors (Lipinski definition) is 1. The molecule has 0 amide bonds. The van der Waals surface area contributed by atoms with Crippen molar-refractivity contribution in [1.29, 1.82) is 0 Å². The number of hydrogen-bond acceptors (Lipinski definition) is 3. The summed E-state index contributed by atoms with van der Waals surface area (Å²) < 4.78 is 11.6. The van der Waals surface area contributed by atoms with Crippen molar-refractivity contribution in [2.24, 2.45) is 5.92 Å². The second-order valence-electron chi connectivity index (χ2n) is 5.88. The summed E-state index contributed by atoms with van der Waals surface area (Å²) >= 11 is 0. The molecule has 3 nitrogen and oxygen atoms in total. The zero-order chi connectivity index (χ0) is 12.8. The molecule has 0 spiro atoms. The van der Waals surface area contributed by atoms with Gasteiger partial charge in [0.05, 0.1) is 18.8 Å². The van der Waals surface area contributed by atoms with Crippen molar-refractivity contribution >= 4 is 0 Å². The summed E-state index contributed by atoms with van der Waals surface area (Å²) in [5.74, 6) is 0.873. The van der Waals surface area contributed by atoms with Crippen molar-refractivity contribution in [3.63, 3.8) is 0 Å². The van der Waals surface area contributed by atoms with E-state index in [1.165, 1.54) is 38.5 Å². The summed E-state index contributed by atoms with van der Waals surface area (Å²) in [4.78, 5) is 0. The third kappa shape index (κ3) is 4.52. The van der Waals surface area contributed by atoms with Crippen LogP contribution in [0.15, 0.2) is 0 Å². The Morgan fingerprint density at radius 3 is 2.61 bits per heavy atom. The van der Waals surface area contributed by atoms with Crippen LogP contribution in [-0.2, 0) is 9.47 Å². The molecule has 3 atom stereocenters. The summed E-state index contributed by atoms with van der Waals surface area (Å²) in [6.45, 7) is 4.24. The lowest BCUT2D eigenvalue weighted by Gasteiger charge is -2.30. The third-order valence-corrected chi connectivity index (χ3v) is 4.27. The van der Waals surface area contributed by atoms with Crippen molar-refractivity contribution in [3.8, 4) is 0 Å². The largest absolute Gasteiger partial charge is 0.381 e. The lowest BCUT2D eigenvalue weighted by atomic mass is 9.95. The van der Waals surface area contributed by atoms with Gasteiger partial charge in [-0.1, -0.05) is 6.92 Å². The first-order valence-corrected chi connectivity index (χ1v) is 7.71. The quantitative estimate of drug-likeness (QED) is 0.723. The van der Waals surface area contributed by atoms with Gasteiger partial charge >= 0.3 is 0 Å². The molecule has 18 heavy (non-hydrogen) atoms. The van der Waals surface area contributed by atoms with Gasteiger partial charge in [-0.2, -0.15) is 0 Å². The van der Waals surface area contributed by atoms with Crippen molar-refractivity contribution in [3.05, 3.63) is 0 Å². The first-order valence-electron chi connectivity index (χ1n) is 7.71. The fraction of sp³-hybridized carbons (Fsp3) is 1.00. The van der Waals surface area contributed by atoms with Gasteiger partial charge in [-0.3, -0.25) is 0 Å². The molecular formula is C15H29NO2. The van der Waals surface area contributed by atoms with Gasteiger partial charge in [0.1, 0.15) is 0 Å². The average Bonchev–Trinajstić information content (AvgIpc) is 3.23. The Bertz CT molecular complexity index is 231. The van der Waals surface area contributed by atoms with Crippen molar-refractivity contribution in [1.82, 2.24) is 5.32 Å². The van der Waals surface area contributed by atoms with E-state index in [-0.39, 0.29) is 0 Å². The molecule has 106 valence electrons. The summed E-state index contributed by atoms with van der Waals surface area (Å²) in [6.07, 6.45) is 9.58. The highest BCUT2D eigenvalue weighted by Gasteiger charge is 2.32. The van der Waals surface area contributed by atoms with E-state index >= 15 is 0 Å². The van der Waals surface area contributed by atoms with Crippen LogP contribution in [0.1, 0.15) is 51.9 Å². The maximum Gasteiger partial charge on any atom is 0.0626 e. The van der Waals surface area contributed by atoms with Gasteiger partial charge in [-0.25, -0.2) is 0 Å². The van der Waals surface area contributed by atoms with Crippen LogP contribution in [0.2, 0.25) is 0 Å². The van der Waals surface area contributed by atoms with Crippen LogP contribution >= 0.6 is 0 Å². The maximum atomic E-state index is 6.13. The lowest BCUT2D eigenvalue weighted by molar-refractivity contribution is -0.0369. The fourth-order valence-electron chi connectivity index (χ4n) is 2.90. The summed E-state index contributed by atoms with van der Waals surface area (Å²) in [7, 11) is 1.82. The highest BCUT2D eigenvalue weighted by molar-refractivity contribution is 4.86. The fourth-order valence-corrected chi connectivity index (χ4v) is 2.90. The highest BCUT2D eigenvalue weighted by Crippen LogP contribution is 2.33. The van der Waals surface area contributed by atoms with Gasteiger partial charge in [0.2, 0.25) is 0 Å². The molecule has 1 N–H and O–H groups in total. The molecule has 3 unspecified atom stereocenters.